The second kappa shape index (κ2) is 6.50. The average molecular weight is 249 g/mol. The van der Waals surface area contributed by atoms with E-state index in [0.29, 0.717) is 0 Å². The zero-order valence-corrected chi connectivity index (χ0v) is 11.4. The Bertz CT molecular complexity index is 370. The van der Waals surface area contributed by atoms with Crippen LogP contribution in [0.15, 0.2) is 24.5 Å². The smallest absolute Gasteiger partial charge is 0.239 e. The second-order valence-corrected chi connectivity index (χ2v) is 5.18. The molecular formula is C14H23N3O. The van der Waals surface area contributed by atoms with Crippen LogP contribution in [0.2, 0.25) is 0 Å². The summed E-state index contributed by atoms with van der Waals surface area (Å²) in [6.07, 6.45) is 6.59. The highest BCUT2D eigenvalue weighted by Crippen LogP contribution is 2.19. The van der Waals surface area contributed by atoms with E-state index in [0.717, 1.165) is 24.8 Å². The molecule has 4 nitrogen and oxygen atoms in total. The highest BCUT2D eigenvalue weighted by atomic mass is 16.2. The van der Waals surface area contributed by atoms with Crippen molar-refractivity contribution < 1.29 is 4.79 Å². The Balaban J connectivity index is 2.77. The molecule has 4 heteroatoms. The fourth-order valence-electron chi connectivity index (χ4n) is 1.66. The van der Waals surface area contributed by atoms with Gasteiger partial charge in [-0.05, 0) is 31.9 Å². The minimum absolute atomic E-state index is 0.00558. The van der Waals surface area contributed by atoms with Crippen LogP contribution < -0.4 is 11.1 Å². The van der Waals surface area contributed by atoms with E-state index >= 15 is 0 Å². The predicted molar refractivity (Wildman–Crippen MR) is 72.9 cm³/mol. The Kier molecular flexibility index (Phi) is 5.28. The van der Waals surface area contributed by atoms with Crippen LogP contribution in [0.1, 0.15) is 51.6 Å². The normalized spacial score (nSPS) is 13.1. The SMILES string of the molecule is CCCCC(NC(=O)C(C)(C)N)c1cccnc1. The molecule has 0 saturated carbocycles. The zero-order valence-electron chi connectivity index (χ0n) is 11.4. The van der Waals surface area contributed by atoms with Crippen molar-refractivity contribution in [2.45, 2.75) is 51.6 Å². The van der Waals surface area contributed by atoms with Gasteiger partial charge in [0.15, 0.2) is 0 Å². The van der Waals surface area contributed by atoms with Gasteiger partial charge in [-0.1, -0.05) is 25.8 Å². The van der Waals surface area contributed by atoms with Gasteiger partial charge in [0.2, 0.25) is 5.91 Å². The van der Waals surface area contributed by atoms with Crippen molar-refractivity contribution in [3.05, 3.63) is 30.1 Å². The summed E-state index contributed by atoms with van der Waals surface area (Å²) in [6, 6.07) is 3.86. The molecule has 0 radical (unpaired) electrons. The lowest BCUT2D eigenvalue weighted by Gasteiger charge is -2.24. The molecule has 0 saturated heterocycles. The van der Waals surface area contributed by atoms with Crippen LogP contribution in [0.4, 0.5) is 0 Å². The molecule has 1 atom stereocenters. The topological polar surface area (TPSA) is 68.0 Å². The van der Waals surface area contributed by atoms with E-state index < -0.39 is 5.54 Å². The minimum Gasteiger partial charge on any atom is -0.348 e. The standard InChI is InChI=1S/C14H23N3O/c1-4-5-8-12(11-7-6-9-16-10-11)17-13(18)14(2,3)15/h6-7,9-10,12H,4-5,8,15H2,1-3H3,(H,17,18). The van der Waals surface area contributed by atoms with Crippen LogP contribution in [0, 0.1) is 0 Å². The summed E-state index contributed by atoms with van der Waals surface area (Å²) in [5.74, 6) is -0.132. The minimum atomic E-state index is -0.854. The van der Waals surface area contributed by atoms with Gasteiger partial charge in [-0.25, -0.2) is 0 Å². The van der Waals surface area contributed by atoms with Crippen molar-refractivity contribution >= 4 is 5.91 Å². The third kappa shape index (κ3) is 4.45. The first-order chi connectivity index (χ1) is 8.45. The third-order valence-electron chi connectivity index (χ3n) is 2.82. The Labute approximate surface area is 109 Å². The van der Waals surface area contributed by atoms with Crippen molar-refractivity contribution in [1.82, 2.24) is 10.3 Å². The van der Waals surface area contributed by atoms with E-state index in [2.05, 4.69) is 17.2 Å². The average Bonchev–Trinajstić information content (AvgIpc) is 2.34. The van der Waals surface area contributed by atoms with Gasteiger partial charge >= 0.3 is 0 Å². The number of nitrogens with two attached hydrogens (primary N) is 1. The molecular weight excluding hydrogens is 226 g/mol. The Morgan fingerprint density at radius 3 is 2.78 bits per heavy atom. The molecule has 1 rings (SSSR count). The molecule has 0 spiro atoms. The molecule has 0 bridgehead atoms. The lowest BCUT2D eigenvalue weighted by Crippen LogP contribution is -2.50. The highest BCUT2D eigenvalue weighted by molar-refractivity contribution is 5.85. The summed E-state index contributed by atoms with van der Waals surface area (Å²) in [5, 5.41) is 3.00. The summed E-state index contributed by atoms with van der Waals surface area (Å²) < 4.78 is 0. The summed E-state index contributed by atoms with van der Waals surface area (Å²) in [5.41, 5.74) is 5.98. The van der Waals surface area contributed by atoms with Crippen molar-refractivity contribution in [3.63, 3.8) is 0 Å². The number of pyridine rings is 1. The maximum absolute atomic E-state index is 12.0. The van der Waals surface area contributed by atoms with Crippen LogP contribution in [0.3, 0.4) is 0 Å². The maximum atomic E-state index is 12.0. The van der Waals surface area contributed by atoms with E-state index in [1.165, 1.54) is 0 Å². The van der Waals surface area contributed by atoms with Crippen LogP contribution >= 0.6 is 0 Å². The molecule has 0 aromatic carbocycles. The van der Waals surface area contributed by atoms with Crippen molar-refractivity contribution in [1.29, 1.82) is 0 Å². The molecule has 100 valence electrons. The quantitative estimate of drug-likeness (QED) is 0.812. The molecule has 0 fully saturated rings. The maximum Gasteiger partial charge on any atom is 0.239 e. The van der Waals surface area contributed by atoms with Crippen molar-refractivity contribution in [2.75, 3.05) is 0 Å². The lowest BCUT2D eigenvalue weighted by molar-refractivity contribution is -0.126. The molecule has 18 heavy (non-hydrogen) atoms. The van der Waals surface area contributed by atoms with E-state index in [1.54, 1.807) is 26.2 Å². The van der Waals surface area contributed by atoms with E-state index in [9.17, 15) is 4.79 Å². The number of carbonyl (C=O) groups is 1. The predicted octanol–water partition coefficient (Wildman–Crippen LogP) is 2.17. The van der Waals surface area contributed by atoms with Gasteiger partial charge in [0.25, 0.3) is 0 Å². The second-order valence-electron chi connectivity index (χ2n) is 5.18. The number of hydrogen-bond donors (Lipinski definition) is 2. The first-order valence-corrected chi connectivity index (χ1v) is 6.45. The largest absolute Gasteiger partial charge is 0.348 e. The number of aromatic nitrogens is 1. The number of carbonyl (C=O) groups excluding carboxylic acids is 1. The fourth-order valence-corrected chi connectivity index (χ4v) is 1.66. The number of unbranched alkanes of at least 4 members (excludes halogenated alkanes) is 1. The molecule has 1 heterocycles. The first-order valence-electron chi connectivity index (χ1n) is 6.45. The number of amides is 1. The van der Waals surface area contributed by atoms with E-state index in [1.807, 2.05) is 12.1 Å². The van der Waals surface area contributed by atoms with E-state index in [-0.39, 0.29) is 11.9 Å². The Morgan fingerprint density at radius 1 is 1.56 bits per heavy atom. The van der Waals surface area contributed by atoms with Gasteiger partial charge in [-0.3, -0.25) is 9.78 Å². The van der Waals surface area contributed by atoms with Crippen LogP contribution in [0.25, 0.3) is 0 Å². The molecule has 0 aliphatic heterocycles. The van der Waals surface area contributed by atoms with Gasteiger partial charge in [-0.15, -0.1) is 0 Å². The van der Waals surface area contributed by atoms with Gasteiger partial charge in [0.1, 0.15) is 0 Å². The van der Waals surface area contributed by atoms with Crippen LogP contribution in [-0.2, 0) is 4.79 Å². The summed E-state index contributed by atoms with van der Waals surface area (Å²) >= 11 is 0. The number of nitrogens with zero attached hydrogens (tertiary/aromatic N) is 1. The van der Waals surface area contributed by atoms with Crippen LogP contribution in [-0.4, -0.2) is 16.4 Å². The number of nitrogens with one attached hydrogen (secondary N) is 1. The summed E-state index contributed by atoms with van der Waals surface area (Å²) in [6.45, 7) is 5.56. The van der Waals surface area contributed by atoms with Crippen molar-refractivity contribution in [2.24, 2.45) is 5.73 Å². The van der Waals surface area contributed by atoms with Gasteiger partial charge in [0.05, 0.1) is 11.6 Å². The summed E-state index contributed by atoms with van der Waals surface area (Å²) in [4.78, 5) is 16.1. The Hall–Kier alpha value is -1.42. The number of rotatable bonds is 6. The zero-order chi connectivity index (χ0) is 13.6. The lowest BCUT2D eigenvalue weighted by atomic mass is 10.00. The van der Waals surface area contributed by atoms with Gasteiger partial charge in [-0.2, -0.15) is 0 Å². The van der Waals surface area contributed by atoms with E-state index in [4.69, 9.17) is 5.73 Å². The molecule has 1 amide bonds. The molecule has 1 aromatic rings. The Morgan fingerprint density at radius 2 is 2.28 bits per heavy atom. The molecule has 0 aliphatic rings. The molecule has 3 N–H and O–H groups in total. The summed E-state index contributed by atoms with van der Waals surface area (Å²) in [7, 11) is 0. The third-order valence-corrected chi connectivity index (χ3v) is 2.82. The fraction of sp³-hybridized carbons (Fsp3) is 0.571. The van der Waals surface area contributed by atoms with Gasteiger partial charge in [0, 0.05) is 12.4 Å². The molecule has 1 unspecified atom stereocenters. The number of hydrogen-bond acceptors (Lipinski definition) is 3. The van der Waals surface area contributed by atoms with Crippen molar-refractivity contribution in [3.8, 4) is 0 Å². The molecule has 0 aliphatic carbocycles. The highest BCUT2D eigenvalue weighted by Gasteiger charge is 2.25. The monoisotopic (exact) mass is 249 g/mol. The molecule has 1 aromatic heterocycles. The van der Waals surface area contributed by atoms with Crippen LogP contribution in [0.5, 0.6) is 0 Å². The first kappa shape index (κ1) is 14.6. The van der Waals surface area contributed by atoms with Gasteiger partial charge < -0.3 is 11.1 Å².